The van der Waals surface area contributed by atoms with Crippen LogP contribution in [0.25, 0.3) is 0 Å². The normalized spacial score (nSPS) is 22.9. The Morgan fingerprint density at radius 2 is 0.750 bits per heavy atom. The molecule has 0 spiro atoms. The van der Waals surface area contributed by atoms with E-state index in [-0.39, 0.29) is 12.5 Å². The van der Waals surface area contributed by atoms with E-state index in [1.165, 1.54) is 244 Å². The first-order valence-electron chi connectivity index (χ1n) is 38.9. The van der Waals surface area contributed by atoms with Gasteiger partial charge in [-0.25, -0.2) is 0 Å². The van der Waals surface area contributed by atoms with Crippen molar-refractivity contribution in [3.63, 3.8) is 0 Å². The maximum atomic E-state index is 13.4. The van der Waals surface area contributed by atoms with E-state index in [9.17, 15) is 45.6 Å². The molecular formula is C78H145NO13. The molecule has 92 heavy (non-hydrogen) atoms. The zero-order valence-corrected chi connectivity index (χ0v) is 59.1. The number of allylic oxidation sites excluding steroid dienone is 8. The molecule has 0 aromatic heterocycles. The summed E-state index contributed by atoms with van der Waals surface area (Å²) >= 11 is 0. The molecule has 9 N–H and O–H groups in total. The van der Waals surface area contributed by atoms with E-state index in [1.807, 2.05) is 0 Å². The molecule has 2 heterocycles. The number of hydrogen-bond acceptors (Lipinski definition) is 13. The number of amides is 1. The van der Waals surface area contributed by atoms with Gasteiger partial charge in [0.1, 0.15) is 48.8 Å². The average Bonchev–Trinajstić information content (AvgIpc) is 0.836. The van der Waals surface area contributed by atoms with Crippen LogP contribution >= 0.6 is 0 Å². The fourth-order valence-electron chi connectivity index (χ4n) is 12.9. The summed E-state index contributed by atoms with van der Waals surface area (Å²) in [4.78, 5) is 13.4. The van der Waals surface area contributed by atoms with E-state index in [4.69, 9.17) is 18.9 Å². The molecule has 2 aliphatic rings. The molecule has 12 unspecified atom stereocenters. The van der Waals surface area contributed by atoms with Crippen LogP contribution in [-0.4, -0.2) is 140 Å². The smallest absolute Gasteiger partial charge is 0.220 e. The zero-order valence-electron chi connectivity index (χ0n) is 59.1. The van der Waals surface area contributed by atoms with Crippen LogP contribution in [0.1, 0.15) is 348 Å². The highest BCUT2D eigenvalue weighted by Crippen LogP contribution is 2.30. The second-order valence-corrected chi connectivity index (χ2v) is 27.5. The number of unbranched alkanes of at least 4 members (excludes halogenated alkanes) is 44. The standard InChI is InChI=1S/C78H145NO13/c1-3-5-7-9-11-13-15-17-19-21-23-25-27-29-31-33-35-37-39-41-43-45-47-49-51-53-55-57-59-61-67(82)66(65-89-77-75(88)73(86)76(69(64-81)91-77)92-78-74(87)72(85)71(84)68(63-80)90-78)79-70(83)62-60-58-56-54-52-50-48-46-44-42-40-38-36-34-32-30-28-26-24-22-20-18-16-14-12-10-8-6-4-2/h6,8,12,14,18,20,24,26,66-69,71-78,80-82,84-88H,3-5,7,9-11,13,15-17,19,21-23,25,27-65H2,1-2H3,(H,79,83)/b8-6-,14-12-,20-18-,26-24-. The largest absolute Gasteiger partial charge is 0.394 e. The topological polar surface area (TPSA) is 228 Å². The van der Waals surface area contributed by atoms with Gasteiger partial charge in [-0.2, -0.15) is 0 Å². The first-order chi connectivity index (χ1) is 45.1. The molecule has 2 rings (SSSR count). The molecule has 0 radical (unpaired) electrons. The number of carbonyl (C=O) groups is 1. The van der Waals surface area contributed by atoms with Gasteiger partial charge < -0.3 is 65.1 Å². The molecule has 2 fully saturated rings. The van der Waals surface area contributed by atoms with Crippen LogP contribution in [0.5, 0.6) is 0 Å². The molecule has 14 heteroatoms. The monoisotopic (exact) mass is 1300 g/mol. The Morgan fingerprint density at radius 1 is 0.402 bits per heavy atom. The van der Waals surface area contributed by atoms with Crippen LogP contribution in [0.2, 0.25) is 0 Å². The van der Waals surface area contributed by atoms with Gasteiger partial charge in [0.2, 0.25) is 5.91 Å². The summed E-state index contributed by atoms with van der Waals surface area (Å²) in [6, 6.07) is -0.831. The Bertz CT molecular complexity index is 1730. The lowest BCUT2D eigenvalue weighted by Gasteiger charge is -2.46. The summed E-state index contributed by atoms with van der Waals surface area (Å²) in [5.74, 6) is -0.202. The molecule has 14 nitrogen and oxygen atoms in total. The van der Waals surface area contributed by atoms with E-state index in [1.54, 1.807) is 0 Å². The van der Waals surface area contributed by atoms with Crippen molar-refractivity contribution in [2.24, 2.45) is 0 Å². The van der Waals surface area contributed by atoms with Gasteiger partial charge in [0.25, 0.3) is 0 Å². The van der Waals surface area contributed by atoms with Gasteiger partial charge in [-0.15, -0.1) is 0 Å². The van der Waals surface area contributed by atoms with Crippen LogP contribution in [0.4, 0.5) is 0 Å². The van der Waals surface area contributed by atoms with Gasteiger partial charge in [-0.3, -0.25) is 4.79 Å². The zero-order chi connectivity index (χ0) is 66.6. The lowest BCUT2D eigenvalue weighted by atomic mass is 9.97. The molecule has 540 valence electrons. The third-order valence-corrected chi connectivity index (χ3v) is 19.1. The van der Waals surface area contributed by atoms with Gasteiger partial charge in [0, 0.05) is 6.42 Å². The van der Waals surface area contributed by atoms with Gasteiger partial charge in [-0.05, 0) is 51.4 Å². The minimum Gasteiger partial charge on any atom is -0.394 e. The lowest BCUT2D eigenvalue weighted by Crippen LogP contribution is -2.65. The minimum absolute atomic E-state index is 0.202. The number of aliphatic hydroxyl groups is 8. The summed E-state index contributed by atoms with van der Waals surface area (Å²) < 4.78 is 23.0. The second-order valence-electron chi connectivity index (χ2n) is 27.5. The highest BCUT2D eigenvalue weighted by molar-refractivity contribution is 5.76. The van der Waals surface area contributed by atoms with Gasteiger partial charge in [0.05, 0.1) is 32.0 Å². The second kappa shape index (κ2) is 62.5. The number of aliphatic hydroxyl groups excluding tert-OH is 8. The fourth-order valence-corrected chi connectivity index (χ4v) is 12.9. The number of hydrogen-bond donors (Lipinski definition) is 9. The van der Waals surface area contributed by atoms with E-state index < -0.39 is 86.8 Å². The molecule has 0 saturated carbocycles. The van der Waals surface area contributed by atoms with Gasteiger partial charge >= 0.3 is 0 Å². The molecule has 2 saturated heterocycles. The Hall–Kier alpha value is -2.05. The van der Waals surface area contributed by atoms with Crippen molar-refractivity contribution in [1.82, 2.24) is 5.32 Å². The number of rotatable bonds is 65. The Morgan fingerprint density at radius 3 is 1.15 bits per heavy atom. The van der Waals surface area contributed by atoms with Crippen molar-refractivity contribution in [2.75, 3.05) is 19.8 Å². The Labute approximate surface area is 563 Å². The Balaban J connectivity index is 1.62. The molecule has 12 atom stereocenters. The predicted octanol–water partition coefficient (Wildman–Crippen LogP) is 17.0. The third kappa shape index (κ3) is 45.5. The van der Waals surface area contributed by atoms with Crippen LogP contribution in [0.3, 0.4) is 0 Å². The highest BCUT2D eigenvalue weighted by Gasteiger charge is 2.51. The maximum absolute atomic E-state index is 13.4. The Kier molecular flexibility index (Phi) is 58.4. The van der Waals surface area contributed by atoms with E-state index in [0.29, 0.717) is 12.8 Å². The minimum atomic E-state index is -1.78. The van der Waals surface area contributed by atoms with E-state index in [0.717, 1.165) is 77.0 Å². The van der Waals surface area contributed by atoms with Gasteiger partial charge in [0.15, 0.2) is 12.6 Å². The van der Waals surface area contributed by atoms with Crippen LogP contribution in [0.15, 0.2) is 48.6 Å². The molecule has 0 bridgehead atoms. The predicted molar refractivity (Wildman–Crippen MR) is 378 cm³/mol. The quantitative estimate of drug-likeness (QED) is 0.0204. The molecular weight excluding hydrogens is 1160 g/mol. The molecule has 0 aromatic rings. The average molecular weight is 1310 g/mol. The first kappa shape index (κ1) is 86.0. The molecule has 0 aliphatic carbocycles. The summed E-state index contributed by atoms with van der Waals surface area (Å²) in [6.07, 6.45) is 65.7. The molecule has 1 amide bonds. The SMILES string of the molecule is CC/C=C\C/C=C\C/C=C\C/C=C\CCCCCCCCCCCCCCCCCCC(=O)NC(COC1OC(CO)C(OC2OC(CO)C(O)C(O)C2O)C(O)C1O)C(O)CCCCCCCCCCCCCCCCCCCCCCCCCCCCCCC. The van der Waals surface area contributed by atoms with Crippen LogP contribution in [0, 0.1) is 0 Å². The number of carbonyl (C=O) groups excluding carboxylic acids is 1. The van der Waals surface area contributed by atoms with Crippen molar-refractivity contribution in [3.05, 3.63) is 48.6 Å². The van der Waals surface area contributed by atoms with Crippen molar-refractivity contribution in [2.45, 2.75) is 421 Å². The summed E-state index contributed by atoms with van der Waals surface area (Å²) in [6.45, 7) is 2.81. The van der Waals surface area contributed by atoms with E-state index >= 15 is 0 Å². The maximum Gasteiger partial charge on any atom is 0.220 e. The van der Waals surface area contributed by atoms with Crippen molar-refractivity contribution >= 4 is 5.91 Å². The molecule has 2 aliphatic heterocycles. The number of ether oxygens (including phenoxy) is 4. The fraction of sp³-hybridized carbons (Fsp3) is 0.885. The van der Waals surface area contributed by atoms with Crippen LogP contribution < -0.4 is 5.32 Å². The lowest BCUT2D eigenvalue weighted by molar-refractivity contribution is -0.359. The van der Waals surface area contributed by atoms with Crippen LogP contribution in [-0.2, 0) is 23.7 Å². The van der Waals surface area contributed by atoms with Crippen molar-refractivity contribution in [3.8, 4) is 0 Å². The van der Waals surface area contributed by atoms with Crippen molar-refractivity contribution < 1.29 is 64.6 Å². The summed E-state index contributed by atoms with van der Waals surface area (Å²) in [7, 11) is 0. The van der Waals surface area contributed by atoms with Crippen molar-refractivity contribution in [1.29, 1.82) is 0 Å². The van der Waals surface area contributed by atoms with Gasteiger partial charge in [-0.1, -0.05) is 339 Å². The summed E-state index contributed by atoms with van der Waals surface area (Å²) in [5.41, 5.74) is 0. The number of nitrogens with one attached hydrogen (secondary N) is 1. The van der Waals surface area contributed by atoms with E-state index in [2.05, 4.69) is 67.8 Å². The summed E-state index contributed by atoms with van der Waals surface area (Å²) in [5, 5.41) is 87.8. The first-order valence-corrected chi connectivity index (χ1v) is 38.9. The molecule has 0 aromatic carbocycles. The highest BCUT2D eigenvalue weighted by atomic mass is 16.7. The third-order valence-electron chi connectivity index (χ3n) is 19.1.